The van der Waals surface area contributed by atoms with E-state index in [9.17, 15) is 4.79 Å². The topological polar surface area (TPSA) is 97.8 Å². The van der Waals surface area contributed by atoms with Crippen LogP contribution in [0, 0.1) is 0 Å². The number of carbonyl (C=O) groups is 1. The van der Waals surface area contributed by atoms with Crippen molar-refractivity contribution in [3.63, 3.8) is 0 Å². The second kappa shape index (κ2) is 3.72. The van der Waals surface area contributed by atoms with Crippen molar-refractivity contribution in [1.82, 2.24) is 9.55 Å². The molecule has 2 bridgehead atoms. The zero-order chi connectivity index (χ0) is 14.1. The number of ether oxygens (including phenoxy) is 4. The Balaban J connectivity index is 1.76. The summed E-state index contributed by atoms with van der Waals surface area (Å²) in [5.74, 6) is -0.957. The molecule has 0 spiro atoms. The number of hydrogen-bond acceptors (Lipinski definition) is 6. The van der Waals surface area contributed by atoms with Crippen LogP contribution in [0.5, 0.6) is 5.88 Å². The average molecular weight is 281 g/mol. The number of aromatic nitrogens is 2. The number of imidazole rings is 1. The molecule has 0 saturated carbocycles. The van der Waals surface area contributed by atoms with E-state index in [0.29, 0.717) is 5.88 Å². The molecule has 0 unspecified atom stereocenters. The Morgan fingerprint density at radius 2 is 2.20 bits per heavy atom. The predicted octanol–water partition coefficient (Wildman–Crippen LogP) is -0.208. The SMILES string of the molecule is CC1(C)O[C@@H]2[C@H](O1)[C@@H]1COc3c(C(N)=O)ncn3[C@@H]2O1. The molecule has 4 rings (SSSR count). The van der Waals surface area contributed by atoms with E-state index in [0.717, 1.165) is 0 Å². The molecule has 0 radical (unpaired) electrons. The minimum Gasteiger partial charge on any atom is -0.474 e. The zero-order valence-corrected chi connectivity index (χ0v) is 11.1. The summed E-state index contributed by atoms with van der Waals surface area (Å²) in [5, 5.41) is 0. The third kappa shape index (κ3) is 1.52. The molecule has 8 heteroatoms. The highest BCUT2D eigenvalue weighted by Gasteiger charge is 2.57. The Bertz CT molecular complexity index is 584. The van der Waals surface area contributed by atoms with Gasteiger partial charge in [0.15, 0.2) is 17.7 Å². The monoisotopic (exact) mass is 281 g/mol. The van der Waals surface area contributed by atoms with Crippen molar-refractivity contribution in [2.45, 2.75) is 44.2 Å². The second-order valence-electron chi connectivity index (χ2n) is 5.61. The molecule has 8 nitrogen and oxygen atoms in total. The van der Waals surface area contributed by atoms with Gasteiger partial charge in [0, 0.05) is 0 Å². The van der Waals surface area contributed by atoms with Crippen molar-refractivity contribution >= 4 is 5.91 Å². The first-order chi connectivity index (χ1) is 9.46. The third-order valence-electron chi connectivity index (χ3n) is 3.77. The molecule has 2 saturated heterocycles. The molecule has 20 heavy (non-hydrogen) atoms. The summed E-state index contributed by atoms with van der Waals surface area (Å²) < 4.78 is 24.9. The quantitative estimate of drug-likeness (QED) is 0.765. The second-order valence-corrected chi connectivity index (χ2v) is 5.61. The van der Waals surface area contributed by atoms with Crippen molar-refractivity contribution in [2.75, 3.05) is 6.61 Å². The van der Waals surface area contributed by atoms with Crippen molar-refractivity contribution in [1.29, 1.82) is 0 Å². The van der Waals surface area contributed by atoms with E-state index in [4.69, 9.17) is 24.7 Å². The van der Waals surface area contributed by atoms with Gasteiger partial charge in [0.05, 0.1) is 0 Å². The van der Waals surface area contributed by atoms with E-state index in [-0.39, 0.29) is 30.6 Å². The lowest BCUT2D eigenvalue weighted by atomic mass is 10.1. The summed E-state index contributed by atoms with van der Waals surface area (Å²) >= 11 is 0. The molecule has 4 heterocycles. The van der Waals surface area contributed by atoms with Gasteiger partial charge in [0.2, 0.25) is 5.88 Å². The smallest absolute Gasteiger partial charge is 0.272 e. The molecular formula is C12H15N3O5. The van der Waals surface area contributed by atoms with E-state index in [1.54, 1.807) is 4.57 Å². The molecule has 2 fully saturated rings. The Morgan fingerprint density at radius 3 is 2.95 bits per heavy atom. The molecule has 3 aliphatic rings. The van der Waals surface area contributed by atoms with Crippen molar-refractivity contribution < 1.29 is 23.7 Å². The molecule has 1 aromatic rings. The molecule has 4 atom stereocenters. The molecule has 108 valence electrons. The summed E-state index contributed by atoms with van der Waals surface area (Å²) in [7, 11) is 0. The van der Waals surface area contributed by atoms with E-state index >= 15 is 0 Å². The number of nitrogens with zero attached hydrogens (tertiary/aromatic N) is 2. The Morgan fingerprint density at radius 1 is 1.45 bits per heavy atom. The summed E-state index contributed by atoms with van der Waals surface area (Å²) in [5.41, 5.74) is 5.40. The van der Waals surface area contributed by atoms with Gasteiger partial charge in [-0.05, 0) is 13.8 Å². The van der Waals surface area contributed by atoms with Crippen LogP contribution in [0.25, 0.3) is 0 Å². The molecule has 0 aliphatic carbocycles. The van der Waals surface area contributed by atoms with Crippen LogP contribution in [0.1, 0.15) is 30.6 Å². The maximum Gasteiger partial charge on any atom is 0.272 e. The van der Waals surface area contributed by atoms with Crippen molar-refractivity contribution in [3.05, 3.63) is 12.0 Å². The van der Waals surface area contributed by atoms with Gasteiger partial charge in [0.1, 0.15) is 31.2 Å². The minimum atomic E-state index is -0.660. The van der Waals surface area contributed by atoms with Gasteiger partial charge in [-0.3, -0.25) is 9.36 Å². The molecule has 1 aromatic heterocycles. The molecule has 3 aliphatic heterocycles. The summed E-state index contributed by atoms with van der Waals surface area (Å²) in [4.78, 5) is 15.3. The lowest BCUT2D eigenvalue weighted by molar-refractivity contribution is -0.195. The van der Waals surface area contributed by atoms with E-state index in [2.05, 4.69) is 4.98 Å². The Hall–Kier alpha value is -1.64. The minimum absolute atomic E-state index is 0.107. The van der Waals surface area contributed by atoms with Gasteiger partial charge in [-0.25, -0.2) is 4.98 Å². The predicted molar refractivity (Wildman–Crippen MR) is 64.0 cm³/mol. The summed E-state index contributed by atoms with van der Waals surface area (Å²) in [6.07, 6.45) is 0.368. The number of hydrogen-bond donors (Lipinski definition) is 1. The van der Waals surface area contributed by atoms with Gasteiger partial charge in [-0.15, -0.1) is 0 Å². The van der Waals surface area contributed by atoms with Crippen LogP contribution >= 0.6 is 0 Å². The number of fused-ring (bicyclic) bond motifs is 7. The van der Waals surface area contributed by atoms with Gasteiger partial charge < -0.3 is 24.7 Å². The maximum absolute atomic E-state index is 11.4. The van der Waals surface area contributed by atoms with Crippen molar-refractivity contribution in [2.24, 2.45) is 5.73 Å². The first-order valence-electron chi connectivity index (χ1n) is 6.47. The van der Waals surface area contributed by atoms with Crippen LogP contribution in [-0.4, -0.2) is 46.2 Å². The number of carbonyl (C=O) groups excluding carboxylic acids is 1. The fraction of sp³-hybridized carbons (Fsp3) is 0.667. The normalized spacial score (nSPS) is 36.9. The zero-order valence-electron chi connectivity index (χ0n) is 11.1. The Labute approximate surface area is 114 Å². The first kappa shape index (κ1) is 12.1. The highest BCUT2D eigenvalue weighted by Crippen LogP contribution is 2.46. The molecular weight excluding hydrogens is 266 g/mol. The fourth-order valence-electron chi connectivity index (χ4n) is 3.02. The highest BCUT2D eigenvalue weighted by atomic mass is 16.8. The first-order valence-corrected chi connectivity index (χ1v) is 6.47. The molecule has 0 aromatic carbocycles. The number of amides is 1. The van der Waals surface area contributed by atoms with Crippen LogP contribution < -0.4 is 10.5 Å². The van der Waals surface area contributed by atoms with E-state index in [1.165, 1.54) is 6.33 Å². The van der Waals surface area contributed by atoms with Gasteiger partial charge in [0.25, 0.3) is 5.91 Å². The number of rotatable bonds is 1. The maximum atomic E-state index is 11.4. The fourth-order valence-corrected chi connectivity index (χ4v) is 3.02. The lowest BCUT2D eigenvalue weighted by Gasteiger charge is -2.22. The third-order valence-corrected chi connectivity index (χ3v) is 3.77. The molecule has 1 amide bonds. The number of primary amides is 1. The van der Waals surface area contributed by atoms with Crippen LogP contribution in [0.3, 0.4) is 0 Å². The summed E-state index contributed by atoms with van der Waals surface area (Å²) in [6, 6.07) is 0. The average Bonchev–Trinajstić information content (AvgIpc) is 2.94. The van der Waals surface area contributed by atoms with Crippen LogP contribution in [0.4, 0.5) is 0 Å². The van der Waals surface area contributed by atoms with E-state index < -0.39 is 17.9 Å². The van der Waals surface area contributed by atoms with Crippen molar-refractivity contribution in [3.8, 4) is 5.88 Å². The number of nitrogens with two attached hydrogens (primary N) is 1. The standard InChI is InChI=1S/C12H15N3O5/c1-12(2)19-7-5-3-17-10-6(9(13)16)14-4-15(10)11(18-5)8(7)20-12/h4-5,7-8,11H,3H2,1-2H3,(H2,13,16)/t5-,7+,8+,11+/m0/s1. The Kier molecular flexibility index (Phi) is 2.25. The largest absolute Gasteiger partial charge is 0.474 e. The highest BCUT2D eigenvalue weighted by molar-refractivity contribution is 5.93. The van der Waals surface area contributed by atoms with Crippen LogP contribution in [0.2, 0.25) is 0 Å². The van der Waals surface area contributed by atoms with Gasteiger partial charge in [-0.1, -0.05) is 0 Å². The van der Waals surface area contributed by atoms with Crippen LogP contribution in [0.15, 0.2) is 6.33 Å². The van der Waals surface area contributed by atoms with E-state index in [1.807, 2.05) is 13.8 Å². The summed E-state index contributed by atoms with van der Waals surface area (Å²) in [6.45, 7) is 3.99. The lowest BCUT2D eigenvalue weighted by Crippen LogP contribution is -2.35. The molecule has 2 N–H and O–H groups in total. The van der Waals surface area contributed by atoms with Gasteiger partial charge in [-0.2, -0.15) is 0 Å². The van der Waals surface area contributed by atoms with Crippen LogP contribution in [-0.2, 0) is 14.2 Å². The van der Waals surface area contributed by atoms with Gasteiger partial charge >= 0.3 is 0 Å².